The third-order valence-electron chi connectivity index (χ3n) is 3.44. The molecule has 4 N–H and O–H groups in total. The van der Waals surface area contributed by atoms with Gasteiger partial charge in [0, 0.05) is 16.4 Å². The highest BCUT2D eigenvalue weighted by Gasteiger charge is 2.24. The predicted octanol–water partition coefficient (Wildman–Crippen LogP) is 2.78. The maximum absolute atomic E-state index is 12.1. The van der Waals surface area contributed by atoms with Gasteiger partial charge in [0.25, 0.3) is 5.91 Å². The molecule has 0 radical (unpaired) electrons. The lowest BCUT2D eigenvalue weighted by Gasteiger charge is -2.13. The molecule has 2 aromatic rings. The van der Waals surface area contributed by atoms with E-state index in [1.165, 1.54) is 11.1 Å². The third-order valence-corrected chi connectivity index (χ3v) is 3.90. The topological polar surface area (TPSA) is 70.9 Å². The van der Waals surface area contributed by atoms with Crippen LogP contribution in [0.25, 0.3) is 0 Å². The number of nitrogens with two attached hydrogens (primary N) is 1. The van der Waals surface area contributed by atoms with Gasteiger partial charge in [-0.3, -0.25) is 4.79 Å². The minimum absolute atomic E-state index is 0.0742. The van der Waals surface area contributed by atoms with E-state index in [4.69, 9.17) is 5.73 Å². The van der Waals surface area contributed by atoms with E-state index in [1.807, 2.05) is 18.2 Å². The monoisotopic (exact) mass is 319 g/mol. The van der Waals surface area contributed by atoms with E-state index in [2.05, 4.69) is 26.2 Å². The standard InChI is InChI=1S/C14H14BrN3O/c15-9-6-13(17-7-9)14(19)18-12-4-1-8-5-10(16)2-3-11(8)12/h2-3,5-7,12,17H,1,4,16H2,(H,18,19). The molecule has 1 aromatic carbocycles. The third kappa shape index (κ3) is 2.38. The minimum atomic E-state index is -0.0830. The van der Waals surface area contributed by atoms with Crippen LogP contribution in [0.1, 0.15) is 34.1 Å². The zero-order valence-electron chi connectivity index (χ0n) is 10.2. The van der Waals surface area contributed by atoms with Gasteiger partial charge in [0.2, 0.25) is 0 Å². The first kappa shape index (κ1) is 12.3. The Kier molecular flexibility index (Phi) is 3.06. The SMILES string of the molecule is Nc1ccc2c(c1)CCC2NC(=O)c1cc(Br)c[nH]1. The number of amides is 1. The van der Waals surface area contributed by atoms with Crippen LogP contribution in [0.15, 0.2) is 34.9 Å². The van der Waals surface area contributed by atoms with E-state index in [-0.39, 0.29) is 11.9 Å². The molecule has 0 bridgehead atoms. The Balaban J connectivity index is 1.78. The van der Waals surface area contributed by atoms with E-state index in [0.717, 1.165) is 23.0 Å². The van der Waals surface area contributed by atoms with Crippen molar-refractivity contribution in [3.63, 3.8) is 0 Å². The van der Waals surface area contributed by atoms with E-state index in [1.54, 1.807) is 12.3 Å². The van der Waals surface area contributed by atoms with Crippen molar-refractivity contribution in [3.8, 4) is 0 Å². The number of rotatable bonds is 2. The van der Waals surface area contributed by atoms with Crippen LogP contribution >= 0.6 is 15.9 Å². The summed E-state index contributed by atoms with van der Waals surface area (Å²) in [6.45, 7) is 0. The van der Waals surface area contributed by atoms with Crippen molar-refractivity contribution in [3.05, 3.63) is 51.8 Å². The highest BCUT2D eigenvalue weighted by Crippen LogP contribution is 2.32. The number of hydrogen-bond donors (Lipinski definition) is 3. The molecular formula is C14H14BrN3O. The van der Waals surface area contributed by atoms with Crippen molar-refractivity contribution in [2.24, 2.45) is 0 Å². The summed E-state index contributed by atoms with van der Waals surface area (Å²) >= 11 is 3.32. The van der Waals surface area contributed by atoms with Crippen LogP contribution < -0.4 is 11.1 Å². The number of fused-ring (bicyclic) bond motifs is 1. The fraction of sp³-hybridized carbons (Fsp3) is 0.214. The number of carbonyl (C=O) groups excluding carboxylic acids is 1. The largest absolute Gasteiger partial charge is 0.399 e. The fourth-order valence-corrected chi connectivity index (χ4v) is 2.87. The highest BCUT2D eigenvalue weighted by molar-refractivity contribution is 9.10. The van der Waals surface area contributed by atoms with E-state index in [0.29, 0.717) is 5.69 Å². The van der Waals surface area contributed by atoms with Gasteiger partial charge in [0.05, 0.1) is 6.04 Å². The number of carbonyl (C=O) groups is 1. The molecule has 1 heterocycles. The molecule has 19 heavy (non-hydrogen) atoms. The molecule has 0 saturated carbocycles. The smallest absolute Gasteiger partial charge is 0.268 e. The number of nitrogen functional groups attached to an aromatic ring is 1. The number of nitrogens with one attached hydrogen (secondary N) is 2. The Bertz CT molecular complexity index is 635. The van der Waals surface area contributed by atoms with Crippen LogP contribution in [0.2, 0.25) is 0 Å². The molecule has 1 aliphatic carbocycles. The van der Waals surface area contributed by atoms with Crippen molar-refractivity contribution >= 4 is 27.5 Å². The summed E-state index contributed by atoms with van der Waals surface area (Å²) in [6, 6.07) is 7.73. The Morgan fingerprint density at radius 2 is 2.26 bits per heavy atom. The summed E-state index contributed by atoms with van der Waals surface area (Å²) in [5.74, 6) is -0.0830. The summed E-state index contributed by atoms with van der Waals surface area (Å²) < 4.78 is 0.872. The molecule has 1 amide bonds. The number of H-pyrrole nitrogens is 1. The lowest BCUT2D eigenvalue weighted by molar-refractivity contribution is 0.0932. The van der Waals surface area contributed by atoms with Crippen molar-refractivity contribution < 1.29 is 4.79 Å². The zero-order chi connectivity index (χ0) is 13.4. The Morgan fingerprint density at radius 3 is 3.00 bits per heavy atom. The average molecular weight is 320 g/mol. The Labute approximate surface area is 119 Å². The molecule has 3 rings (SSSR count). The lowest BCUT2D eigenvalue weighted by Crippen LogP contribution is -2.27. The normalized spacial score (nSPS) is 17.2. The summed E-state index contributed by atoms with van der Waals surface area (Å²) in [5, 5.41) is 3.05. The summed E-state index contributed by atoms with van der Waals surface area (Å²) in [7, 11) is 0. The second kappa shape index (κ2) is 4.74. The molecule has 1 unspecified atom stereocenters. The molecule has 0 aliphatic heterocycles. The molecular weight excluding hydrogens is 306 g/mol. The number of benzene rings is 1. The van der Waals surface area contributed by atoms with Gasteiger partial charge < -0.3 is 16.0 Å². The first-order valence-electron chi connectivity index (χ1n) is 6.16. The molecule has 1 aliphatic rings. The molecule has 0 fully saturated rings. The Hall–Kier alpha value is -1.75. The maximum atomic E-state index is 12.1. The van der Waals surface area contributed by atoms with Crippen molar-refractivity contribution in [2.75, 3.05) is 5.73 Å². The Morgan fingerprint density at radius 1 is 1.42 bits per heavy atom. The summed E-state index contributed by atoms with van der Waals surface area (Å²) in [5.41, 5.74) is 9.52. The predicted molar refractivity (Wildman–Crippen MR) is 77.9 cm³/mol. The van der Waals surface area contributed by atoms with Crippen molar-refractivity contribution in [1.29, 1.82) is 0 Å². The quantitative estimate of drug-likeness (QED) is 0.745. The number of aryl methyl sites for hydroxylation is 1. The van der Waals surface area contributed by atoms with Crippen molar-refractivity contribution in [2.45, 2.75) is 18.9 Å². The fourth-order valence-electron chi connectivity index (χ4n) is 2.52. The molecule has 0 spiro atoms. The summed E-state index contributed by atoms with van der Waals surface area (Å²) in [6.07, 6.45) is 3.63. The molecule has 5 heteroatoms. The van der Waals surface area contributed by atoms with Gasteiger partial charge in [0.15, 0.2) is 0 Å². The van der Waals surface area contributed by atoms with E-state index < -0.39 is 0 Å². The van der Waals surface area contributed by atoms with E-state index in [9.17, 15) is 4.79 Å². The van der Waals surface area contributed by atoms with Gasteiger partial charge in [-0.1, -0.05) is 6.07 Å². The number of aromatic nitrogens is 1. The summed E-state index contributed by atoms with van der Waals surface area (Å²) in [4.78, 5) is 15.0. The minimum Gasteiger partial charge on any atom is -0.399 e. The van der Waals surface area contributed by atoms with Gasteiger partial charge in [-0.2, -0.15) is 0 Å². The van der Waals surface area contributed by atoms with Gasteiger partial charge in [0.1, 0.15) is 5.69 Å². The van der Waals surface area contributed by atoms with Gasteiger partial charge in [-0.15, -0.1) is 0 Å². The molecule has 0 saturated heterocycles. The van der Waals surface area contributed by atoms with Crippen LogP contribution in [0.3, 0.4) is 0 Å². The van der Waals surface area contributed by atoms with Crippen LogP contribution in [0, 0.1) is 0 Å². The molecule has 1 aromatic heterocycles. The maximum Gasteiger partial charge on any atom is 0.268 e. The average Bonchev–Trinajstić information content (AvgIpc) is 2.96. The highest BCUT2D eigenvalue weighted by atomic mass is 79.9. The van der Waals surface area contributed by atoms with Gasteiger partial charge in [-0.25, -0.2) is 0 Å². The zero-order valence-corrected chi connectivity index (χ0v) is 11.8. The number of hydrogen-bond acceptors (Lipinski definition) is 2. The first-order valence-corrected chi connectivity index (χ1v) is 6.96. The molecule has 98 valence electrons. The first-order chi connectivity index (χ1) is 9.13. The number of halogens is 1. The molecule has 1 atom stereocenters. The van der Waals surface area contributed by atoms with Crippen molar-refractivity contribution in [1.82, 2.24) is 10.3 Å². The number of anilines is 1. The second-order valence-electron chi connectivity index (χ2n) is 4.75. The van der Waals surface area contributed by atoms with Crippen LogP contribution in [-0.4, -0.2) is 10.9 Å². The van der Waals surface area contributed by atoms with Crippen LogP contribution in [0.5, 0.6) is 0 Å². The second-order valence-corrected chi connectivity index (χ2v) is 5.67. The van der Waals surface area contributed by atoms with Gasteiger partial charge in [-0.05, 0) is 58.1 Å². The lowest BCUT2D eigenvalue weighted by atomic mass is 10.1. The van der Waals surface area contributed by atoms with Gasteiger partial charge >= 0.3 is 0 Å². The molecule has 4 nitrogen and oxygen atoms in total. The van der Waals surface area contributed by atoms with Crippen LogP contribution in [-0.2, 0) is 6.42 Å². The number of aromatic amines is 1. The van der Waals surface area contributed by atoms with E-state index >= 15 is 0 Å². The van der Waals surface area contributed by atoms with Crippen LogP contribution in [0.4, 0.5) is 5.69 Å².